The predicted octanol–water partition coefficient (Wildman–Crippen LogP) is 2.63. The predicted molar refractivity (Wildman–Crippen MR) is 113 cm³/mol. The summed E-state index contributed by atoms with van der Waals surface area (Å²) in [5, 5.41) is 0. The Morgan fingerprint density at radius 2 is 1.59 bits per heavy atom. The molecule has 2 aliphatic heterocycles. The molecule has 0 saturated carbocycles. The molecule has 6 nitrogen and oxygen atoms in total. The van der Waals surface area contributed by atoms with Crippen LogP contribution in [0.15, 0.2) is 53.4 Å². The fraction of sp³-hybridized carbons (Fsp3) is 0.409. The third-order valence-corrected chi connectivity index (χ3v) is 7.76. The van der Waals surface area contributed by atoms with Crippen LogP contribution in [0.25, 0.3) is 0 Å². The van der Waals surface area contributed by atoms with Gasteiger partial charge in [-0.2, -0.15) is 4.31 Å². The van der Waals surface area contributed by atoms with Crippen LogP contribution in [0.2, 0.25) is 0 Å². The first-order valence-electron chi connectivity index (χ1n) is 10.1. The van der Waals surface area contributed by atoms with Crippen molar-refractivity contribution in [1.29, 1.82) is 0 Å². The van der Waals surface area contributed by atoms with Gasteiger partial charge in [0, 0.05) is 51.4 Å². The van der Waals surface area contributed by atoms with Gasteiger partial charge in [0.25, 0.3) is 0 Å². The van der Waals surface area contributed by atoms with Crippen molar-refractivity contribution in [3.05, 3.63) is 59.7 Å². The van der Waals surface area contributed by atoms with Gasteiger partial charge in [-0.25, -0.2) is 8.42 Å². The van der Waals surface area contributed by atoms with E-state index in [1.165, 1.54) is 11.1 Å². The van der Waals surface area contributed by atoms with Gasteiger partial charge in [0.1, 0.15) is 0 Å². The molecule has 0 aromatic heterocycles. The molecule has 2 fully saturated rings. The van der Waals surface area contributed by atoms with E-state index in [9.17, 15) is 13.2 Å². The van der Waals surface area contributed by atoms with E-state index >= 15 is 0 Å². The van der Waals surface area contributed by atoms with Crippen molar-refractivity contribution in [1.82, 2.24) is 9.21 Å². The fourth-order valence-electron chi connectivity index (χ4n) is 4.02. The van der Waals surface area contributed by atoms with E-state index in [1.807, 2.05) is 12.1 Å². The number of rotatable bonds is 5. The zero-order valence-corrected chi connectivity index (χ0v) is 17.6. The second kappa shape index (κ2) is 8.26. The first-order chi connectivity index (χ1) is 13.9. The number of benzene rings is 2. The van der Waals surface area contributed by atoms with Crippen LogP contribution in [0, 0.1) is 6.92 Å². The number of piperazine rings is 1. The van der Waals surface area contributed by atoms with Crippen molar-refractivity contribution in [3.8, 4) is 0 Å². The van der Waals surface area contributed by atoms with Gasteiger partial charge in [0.15, 0.2) is 0 Å². The minimum atomic E-state index is -3.52. The number of hydrogen-bond acceptors (Lipinski definition) is 4. The van der Waals surface area contributed by atoms with Crippen LogP contribution in [0.1, 0.15) is 24.0 Å². The highest BCUT2D eigenvalue weighted by atomic mass is 32.2. The van der Waals surface area contributed by atoms with Crippen LogP contribution in [-0.4, -0.2) is 56.3 Å². The van der Waals surface area contributed by atoms with Crippen molar-refractivity contribution >= 4 is 21.6 Å². The zero-order valence-electron chi connectivity index (χ0n) is 16.8. The second-order valence-corrected chi connectivity index (χ2v) is 9.69. The van der Waals surface area contributed by atoms with Crippen molar-refractivity contribution < 1.29 is 13.2 Å². The Kier molecular flexibility index (Phi) is 5.72. The number of nitrogens with zero attached hydrogens (tertiary/aromatic N) is 3. The molecule has 1 amide bonds. The molecule has 0 radical (unpaired) electrons. The van der Waals surface area contributed by atoms with Crippen molar-refractivity contribution in [2.75, 3.05) is 37.6 Å². The molecule has 29 heavy (non-hydrogen) atoms. The molecule has 0 unspecified atom stereocenters. The van der Waals surface area contributed by atoms with Gasteiger partial charge in [-0.3, -0.25) is 9.69 Å². The zero-order chi connectivity index (χ0) is 20.4. The molecule has 2 aromatic rings. The van der Waals surface area contributed by atoms with Crippen LogP contribution in [0.4, 0.5) is 5.69 Å². The Bertz CT molecular complexity index is 981. The summed E-state index contributed by atoms with van der Waals surface area (Å²) in [5.74, 6) is 0.102. The first-order valence-corrected chi connectivity index (χ1v) is 11.6. The summed E-state index contributed by atoms with van der Waals surface area (Å²) in [6, 6.07) is 15.0. The molecule has 0 N–H and O–H groups in total. The van der Waals surface area contributed by atoms with E-state index in [0.29, 0.717) is 44.0 Å². The van der Waals surface area contributed by atoms with Crippen molar-refractivity contribution in [2.24, 2.45) is 0 Å². The molecule has 2 aromatic carbocycles. The largest absolute Gasteiger partial charge is 0.312 e. The first kappa shape index (κ1) is 20.1. The highest BCUT2D eigenvalue weighted by Crippen LogP contribution is 2.25. The number of sulfonamides is 1. The quantitative estimate of drug-likeness (QED) is 0.756. The Morgan fingerprint density at radius 1 is 0.897 bits per heavy atom. The number of carbonyl (C=O) groups excluding carboxylic acids is 1. The Balaban J connectivity index is 1.40. The average Bonchev–Trinajstić information content (AvgIpc) is 3.16. The molecule has 7 heteroatoms. The standard InChI is InChI=1S/C22H27N3O3S/c1-18-5-2-3-6-19(18)17-23-13-15-24(16-14-23)29(27,28)21-10-8-20(9-11-21)25-12-4-7-22(25)26/h2-3,5-6,8-11H,4,7,12-17H2,1H3. The van der Waals surface area contributed by atoms with Gasteiger partial charge >= 0.3 is 0 Å². The van der Waals surface area contributed by atoms with E-state index in [1.54, 1.807) is 33.5 Å². The maximum Gasteiger partial charge on any atom is 0.243 e. The molecule has 2 aliphatic rings. The van der Waals surface area contributed by atoms with Gasteiger partial charge in [0.05, 0.1) is 4.90 Å². The molecule has 0 spiro atoms. The van der Waals surface area contributed by atoms with E-state index in [0.717, 1.165) is 18.7 Å². The molecule has 2 saturated heterocycles. The summed E-state index contributed by atoms with van der Waals surface area (Å²) < 4.78 is 27.6. The lowest BCUT2D eigenvalue weighted by Gasteiger charge is -2.34. The molecule has 154 valence electrons. The number of aryl methyl sites for hydroxylation is 1. The van der Waals surface area contributed by atoms with Crippen LogP contribution in [-0.2, 0) is 21.4 Å². The van der Waals surface area contributed by atoms with Crippen LogP contribution in [0.5, 0.6) is 0 Å². The van der Waals surface area contributed by atoms with Gasteiger partial charge < -0.3 is 4.90 Å². The van der Waals surface area contributed by atoms with Crippen LogP contribution < -0.4 is 4.90 Å². The summed E-state index contributed by atoms with van der Waals surface area (Å²) in [5.41, 5.74) is 3.32. The number of amides is 1. The lowest BCUT2D eigenvalue weighted by atomic mass is 10.1. The third-order valence-electron chi connectivity index (χ3n) is 5.85. The minimum absolute atomic E-state index is 0.102. The van der Waals surface area contributed by atoms with Crippen molar-refractivity contribution in [2.45, 2.75) is 31.2 Å². The van der Waals surface area contributed by atoms with Crippen molar-refractivity contribution in [3.63, 3.8) is 0 Å². The average molecular weight is 414 g/mol. The summed E-state index contributed by atoms with van der Waals surface area (Å²) in [6.07, 6.45) is 1.42. The molecular weight excluding hydrogens is 386 g/mol. The van der Waals surface area contributed by atoms with E-state index in [2.05, 4.69) is 24.0 Å². The Hall–Kier alpha value is -2.22. The van der Waals surface area contributed by atoms with Crippen LogP contribution >= 0.6 is 0 Å². The van der Waals surface area contributed by atoms with E-state index in [4.69, 9.17) is 0 Å². The number of carbonyl (C=O) groups is 1. The number of anilines is 1. The normalized spacial score (nSPS) is 19.1. The fourth-order valence-corrected chi connectivity index (χ4v) is 5.45. The Morgan fingerprint density at radius 3 is 2.21 bits per heavy atom. The highest BCUT2D eigenvalue weighted by molar-refractivity contribution is 7.89. The Labute approximate surface area is 172 Å². The number of hydrogen-bond donors (Lipinski definition) is 0. The highest BCUT2D eigenvalue weighted by Gasteiger charge is 2.29. The van der Waals surface area contributed by atoms with Gasteiger partial charge in [-0.15, -0.1) is 0 Å². The second-order valence-electron chi connectivity index (χ2n) is 7.75. The SMILES string of the molecule is Cc1ccccc1CN1CCN(S(=O)(=O)c2ccc(N3CCCC3=O)cc2)CC1. The monoisotopic (exact) mass is 413 g/mol. The summed E-state index contributed by atoms with van der Waals surface area (Å²) in [6.45, 7) is 6.06. The van der Waals surface area contributed by atoms with Gasteiger partial charge in [-0.05, 0) is 48.7 Å². The maximum absolute atomic E-state index is 13.0. The smallest absolute Gasteiger partial charge is 0.243 e. The topological polar surface area (TPSA) is 60.9 Å². The summed E-state index contributed by atoms with van der Waals surface area (Å²) in [4.78, 5) is 16.2. The molecule has 4 rings (SSSR count). The van der Waals surface area contributed by atoms with Gasteiger partial charge in [0.2, 0.25) is 15.9 Å². The lowest BCUT2D eigenvalue weighted by Crippen LogP contribution is -2.48. The summed E-state index contributed by atoms with van der Waals surface area (Å²) >= 11 is 0. The molecule has 0 atom stereocenters. The molecular formula is C22H27N3O3S. The molecule has 0 aliphatic carbocycles. The minimum Gasteiger partial charge on any atom is -0.312 e. The molecule has 2 heterocycles. The molecule has 0 bridgehead atoms. The van der Waals surface area contributed by atoms with Crippen LogP contribution in [0.3, 0.4) is 0 Å². The van der Waals surface area contributed by atoms with E-state index < -0.39 is 10.0 Å². The van der Waals surface area contributed by atoms with E-state index in [-0.39, 0.29) is 5.91 Å². The van der Waals surface area contributed by atoms with Gasteiger partial charge in [-0.1, -0.05) is 24.3 Å². The third kappa shape index (κ3) is 4.22. The lowest BCUT2D eigenvalue weighted by molar-refractivity contribution is -0.117. The summed E-state index contributed by atoms with van der Waals surface area (Å²) in [7, 11) is -3.52. The maximum atomic E-state index is 13.0.